The Morgan fingerprint density at radius 2 is 1.68 bits per heavy atom. The Labute approximate surface area is 232 Å². The third-order valence-corrected chi connectivity index (χ3v) is 8.15. The zero-order valence-electron chi connectivity index (χ0n) is 22.2. The van der Waals surface area contributed by atoms with Crippen molar-refractivity contribution in [3.63, 3.8) is 0 Å². The van der Waals surface area contributed by atoms with E-state index < -0.39 is 38.8 Å². The molecule has 1 unspecified atom stereocenters. The molecule has 7 N–H and O–H groups in total. The summed E-state index contributed by atoms with van der Waals surface area (Å²) in [7, 11) is -9.39. The first-order chi connectivity index (χ1) is 18.7. The van der Waals surface area contributed by atoms with Gasteiger partial charge in [0.1, 0.15) is 16.8 Å². The first kappa shape index (κ1) is 31.8. The summed E-state index contributed by atoms with van der Waals surface area (Å²) < 4.78 is 33.8. The van der Waals surface area contributed by atoms with Crippen molar-refractivity contribution in [1.82, 2.24) is 5.32 Å². The number of hydrogen-bond donors (Lipinski definition) is 6. The van der Waals surface area contributed by atoms with Gasteiger partial charge in [0.05, 0.1) is 18.2 Å². The number of carbonyl (C=O) groups is 2. The molecule has 2 amide bonds. The van der Waals surface area contributed by atoms with E-state index in [1.165, 1.54) is 31.4 Å². The quantitative estimate of drug-likeness (QED) is 0.186. The van der Waals surface area contributed by atoms with E-state index in [2.05, 4.69) is 5.32 Å². The van der Waals surface area contributed by atoms with Crippen molar-refractivity contribution >= 4 is 32.3 Å². The summed E-state index contributed by atoms with van der Waals surface area (Å²) in [6.45, 7) is 2.27. The minimum absolute atomic E-state index is 0.0150. The van der Waals surface area contributed by atoms with Gasteiger partial charge in [0.2, 0.25) is 5.91 Å². The van der Waals surface area contributed by atoms with E-state index in [1.54, 1.807) is 25.1 Å². The molecule has 3 rings (SSSR count). The van der Waals surface area contributed by atoms with Crippen LogP contribution in [-0.2, 0) is 20.3 Å². The predicted molar refractivity (Wildman–Crippen MR) is 148 cm³/mol. The van der Waals surface area contributed by atoms with Crippen molar-refractivity contribution in [1.29, 1.82) is 0 Å². The molecule has 2 aromatic rings. The van der Waals surface area contributed by atoms with Crippen molar-refractivity contribution in [2.24, 2.45) is 11.7 Å². The van der Waals surface area contributed by atoms with Gasteiger partial charge in [-0.2, -0.15) is 0 Å². The lowest BCUT2D eigenvalue weighted by Gasteiger charge is -2.22. The number of carbonyl (C=O) groups excluding carboxylic acids is 2. The second-order valence-corrected chi connectivity index (χ2v) is 13.2. The van der Waals surface area contributed by atoms with Crippen LogP contribution in [0.5, 0.6) is 11.5 Å². The maximum Gasteiger partial charge on any atom is 0.362 e. The molecule has 0 aliphatic heterocycles. The molecule has 12 nitrogen and oxygen atoms in total. The molecule has 0 spiro atoms. The Bertz CT molecular complexity index is 1300. The molecule has 40 heavy (non-hydrogen) atoms. The minimum atomic E-state index is -4.83. The Hall–Kier alpha value is -2.72. The van der Waals surface area contributed by atoms with Crippen LogP contribution in [0, 0.1) is 5.92 Å². The van der Waals surface area contributed by atoms with Gasteiger partial charge in [-0.3, -0.25) is 18.7 Å². The zero-order chi connectivity index (χ0) is 29.5. The van der Waals surface area contributed by atoms with Crippen LogP contribution >= 0.6 is 15.2 Å². The van der Waals surface area contributed by atoms with E-state index >= 15 is 0 Å². The number of primary amides is 1. The first-order valence-electron chi connectivity index (χ1n) is 13.0. The molecule has 2 aromatic carbocycles. The summed E-state index contributed by atoms with van der Waals surface area (Å²) in [5.74, 6) is -0.462. The highest BCUT2D eigenvalue weighted by atomic mass is 31.2. The molecule has 14 heteroatoms. The number of amides is 2. The third-order valence-electron chi connectivity index (χ3n) is 6.71. The molecule has 0 radical (unpaired) electrons. The maximum atomic E-state index is 12.6. The second kappa shape index (κ2) is 13.8. The molecule has 1 fully saturated rings. The third kappa shape index (κ3) is 9.73. The zero-order valence-corrected chi connectivity index (χ0v) is 24.0. The summed E-state index contributed by atoms with van der Waals surface area (Å²) in [6.07, 6.45) is 4.87. The number of aryl methyl sites for hydroxylation is 1. The fraction of sp³-hybridized carbons (Fsp3) is 0.462. The molecule has 220 valence electrons. The van der Waals surface area contributed by atoms with Crippen molar-refractivity contribution in [2.45, 2.75) is 57.9 Å². The van der Waals surface area contributed by atoms with Gasteiger partial charge in [0.15, 0.2) is 6.35 Å². The SMILES string of the molecule is CC(NC(=O)CCc1ccc(OCP(=O)(O)O)c(P(=O)(O)O)c1)c1ccc(OCC2CCCCC2)c(C(N)=O)c1. The lowest BCUT2D eigenvalue weighted by Crippen LogP contribution is -2.27. The van der Waals surface area contributed by atoms with E-state index in [-0.39, 0.29) is 30.1 Å². The molecule has 0 bridgehead atoms. The predicted octanol–water partition coefficient (Wildman–Crippen LogP) is 2.87. The number of hydrogen-bond acceptors (Lipinski definition) is 6. The van der Waals surface area contributed by atoms with Gasteiger partial charge in [-0.25, -0.2) is 0 Å². The average molecular weight is 599 g/mol. The van der Waals surface area contributed by atoms with E-state index in [0.717, 1.165) is 18.9 Å². The summed E-state index contributed by atoms with van der Waals surface area (Å²) in [6, 6.07) is 8.38. The number of ether oxygens (including phenoxy) is 2. The highest BCUT2D eigenvalue weighted by Crippen LogP contribution is 2.40. The lowest BCUT2D eigenvalue weighted by molar-refractivity contribution is -0.121. The highest BCUT2D eigenvalue weighted by molar-refractivity contribution is 7.60. The Morgan fingerprint density at radius 1 is 1.00 bits per heavy atom. The Morgan fingerprint density at radius 3 is 2.30 bits per heavy atom. The lowest BCUT2D eigenvalue weighted by atomic mass is 9.90. The van der Waals surface area contributed by atoms with Crippen molar-refractivity contribution < 1.29 is 47.8 Å². The summed E-state index contributed by atoms with van der Waals surface area (Å²) >= 11 is 0. The molecule has 1 aliphatic rings. The molecular weight excluding hydrogens is 562 g/mol. The van der Waals surface area contributed by atoms with Gasteiger partial charge in [0, 0.05) is 6.42 Å². The van der Waals surface area contributed by atoms with Crippen molar-refractivity contribution in [3.8, 4) is 11.5 Å². The van der Waals surface area contributed by atoms with Crippen molar-refractivity contribution in [3.05, 3.63) is 53.1 Å². The summed E-state index contributed by atoms with van der Waals surface area (Å²) in [5.41, 5.74) is 6.90. The maximum absolute atomic E-state index is 12.6. The first-order valence-corrected chi connectivity index (χ1v) is 16.4. The molecule has 0 saturated heterocycles. The minimum Gasteiger partial charge on any atom is -0.492 e. The molecule has 1 saturated carbocycles. The highest BCUT2D eigenvalue weighted by Gasteiger charge is 2.25. The Balaban J connectivity index is 1.61. The fourth-order valence-electron chi connectivity index (χ4n) is 4.57. The number of rotatable bonds is 13. The van der Waals surface area contributed by atoms with Gasteiger partial charge in [-0.1, -0.05) is 31.4 Å². The van der Waals surface area contributed by atoms with Crippen LogP contribution in [0.1, 0.15) is 73.0 Å². The van der Waals surface area contributed by atoms with Gasteiger partial charge in [-0.05, 0) is 67.5 Å². The van der Waals surface area contributed by atoms with E-state index in [4.69, 9.17) is 25.0 Å². The largest absolute Gasteiger partial charge is 0.492 e. The van der Waals surface area contributed by atoms with Crippen molar-refractivity contribution in [2.75, 3.05) is 13.0 Å². The molecule has 0 aromatic heterocycles. The monoisotopic (exact) mass is 598 g/mol. The van der Waals surface area contributed by atoms with E-state index in [9.17, 15) is 28.5 Å². The van der Waals surface area contributed by atoms with Crippen LogP contribution in [0.3, 0.4) is 0 Å². The van der Waals surface area contributed by atoms with Crippen LogP contribution in [0.2, 0.25) is 0 Å². The Kier molecular flexibility index (Phi) is 10.9. The van der Waals surface area contributed by atoms with Gasteiger partial charge >= 0.3 is 15.2 Å². The van der Waals surface area contributed by atoms with Crippen LogP contribution in [0.15, 0.2) is 36.4 Å². The van der Waals surface area contributed by atoms with Crippen LogP contribution in [0.4, 0.5) is 0 Å². The smallest absolute Gasteiger partial charge is 0.362 e. The van der Waals surface area contributed by atoms with E-state index in [1.807, 2.05) is 0 Å². The summed E-state index contributed by atoms with van der Waals surface area (Å²) in [5, 5.41) is 2.30. The molecule has 1 atom stereocenters. The summed E-state index contributed by atoms with van der Waals surface area (Å²) in [4.78, 5) is 62.0. The van der Waals surface area contributed by atoms with Crippen LogP contribution in [-0.4, -0.2) is 44.3 Å². The molecular formula is C26H36N2O10P2. The number of benzene rings is 2. The fourth-order valence-corrected chi connectivity index (χ4v) is 5.64. The van der Waals surface area contributed by atoms with Crippen LogP contribution < -0.4 is 25.8 Å². The van der Waals surface area contributed by atoms with Crippen LogP contribution in [0.25, 0.3) is 0 Å². The topological polar surface area (TPSA) is 206 Å². The van der Waals surface area contributed by atoms with E-state index in [0.29, 0.717) is 29.4 Å². The number of nitrogens with two attached hydrogens (primary N) is 1. The standard InChI is InChI=1S/C26H36N2O10P2/c1-17(20-9-11-22(21(14-20)26(27)30)37-15-19-5-3-2-4-6-19)28-25(29)12-8-18-7-10-23(38-16-39(31,32)33)24(13-18)40(34,35)36/h7,9-11,13-14,17,19H,2-6,8,12,15-16H2,1H3,(H2,27,30)(H,28,29)(H2,31,32,33)(H2,34,35,36). The molecule has 1 aliphatic carbocycles. The van der Waals surface area contributed by atoms with Gasteiger partial charge in [-0.15, -0.1) is 0 Å². The number of nitrogens with one attached hydrogen (secondary N) is 1. The second-order valence-electron chi connectivity index (χ2n) is 10.0. The van der Waals surface area contributed by atoms with Gasteiger partial charge in [0.25, 0.3) is 5.91 Å². The van der Waals surface area contributed by atoms with Gasteiger partial charge < -0.3 is 40.1 Å². The molecule has 0 heterocycles. The normalized spacial score (nSPS) is 15.3. The average Bonchev–Trinajstić information content (AvgIpc) is 2.89.